The Kier molecular flexibility index (Phi) is 7.87. The van der Waals surface area contributed by atoms with Gasteiger partial charge in [-0.15, -0.1) is 0 Å². The van der Waals surface area contributed by atoms with Crippen LogP contribution in [-0.2, 0) is 14.3 Å². The van der Waals surface area contributed by atoms with E-state index in [1.165, 1.54) is 43.4 Å². The van der Waals surface area contributed by atoms with Crippen molar-refractivity contribution < 1.29 is 28.3 Å². The summed E-state index contributed by atoms with van der Waals surface area (Å²) in [6.45, 7) is 1.00. The Hall–Kier alpha value is -4.33. The van der Waals surface area contributed by atoms with Crippen molar-refractivity contribution in [2.45, 2.75) is 6.92 Å². The molecule has 3 rings (SSSR count). The molecule has 174 valence electrons. The summed E-state index contributed by atoms with van der Waals surface area (Å²) in [4.78, 5) is 51.0. The molecule has 0 aromatic heterocycles. The quantitative estimate of drug-likeness (QED) is 0.408. The number of amides is 2. The van der Waals surface area contributed by atoms with E-state index in [9.17, 15) is 23.6 Å². The highest BCUT2D eigenvalue weighted by atomic mass is 19.1. The predicted molar refractivity (Wildman–Crippen MR) is 124 cm³/mol. The minimum Gasteiger partial charge on any atom is -0.452 e. The number of nitrogens with zero attached hydrogens (tertiary/aromatic N) is 1. The molecule has 0 unspecified atom stereocenters. The number of anilines is 1. The second-order valence-corrected chi connectivity index (χ2v) is 7.62. The molecule has 0 heterocycles. The number of ketones is 1. The third kappa shape index (κ3) is 6.35. The summed E-state index contributed by atoms with van der Waals surface area (Å²) in [7, 11) is 1.38. The van der Waals surface area contributed by atoms with Crippen molar-refractivity contribution in [3.63, 3.8) is 0 Å². The predicted octanol–water partition coefficient (Wildman–Crippen LogP) is 3.62. The molecule has 2 amide bonds. The lowest BCUT2D eigenvalue weighted by Gasteiger charge is -2.17. The summed E-state index contributed by atoms with van der Waals surface area (Å²) in [6.07, 6.45) is 0. The minimum atomic E-state index is -0.825. The molecular formula is C26H23FN2O5. The summed E-state index contributed by atoms with van der Waals surface area (Å²) < 4.78 is 18.1. The Morgan fingerprint density at radius 2 is 1.50 bits per heavy atom. The number of hydrogen-bond donors (Lipinski definition) is 1. The molecule has 1 N–H and O–H groups in total. The van der Waals surface area contributed by atoms with Crippen molar-refractivity contribution in [2.75, 3.05) is 25.5 Å². The fraction of sp³-hybridized carbons (Fsp3) is 0.154. The van der Waals surface area contributed by atoms with Crippen LogP contribution in [0.4, 0.5) is 10.1 Å². The maximum Gasteiger partial charge on any atom is 0.339 e. The maximum atomic E-state index is 13.0. The van der Waals surface area contributed by atoms with E-state index < -0.39 is 30.2 Å². The standard InChI is InChI=1S/C26H23FN2O5/c1-17-7-9-18(10-8-17)25(32)21-5-3-4-6-22(21)26(33)34-16-24(31)29(2)15-23(30)28-20-13-11-19(27)12-14-20/h3-14H,15-16H2,1-2H3,(H,28,30). The van der Waals surface area contributed by atoms with E-state index in [-0.39, 0.29) is 23.5 Å². The molecule has 0 aliphatic rings. The first-order valence-corrected chi connectivity index (χ1v) is 10.4. The first-order valence-electron chi connectivity index (χ1n) is 10.4. The van der Waals surface area contributed by atoms with E-state index in [0.717, 1.165) is 10.5 Å². The molecule has 3 aromatic rings. The Balaban J connectivity index is 1.58. The number of hydrogen-bond acceptors (Lipinski definition) is 5. The fourth-order valence-corrected chi connectivity index (χ4v) is 3.07. The molecule has 0 bridgehead atoms. The monoisotopic (exact) mass is 462 g/mol. The molecule has 0 spiro atoms. The van der Waals surface area contributed by atoms with Gasteiger partial charge in [0.1, 0.15) is 5.82 Å². The number of nitrogens with one attached hydrogen (secondary N) is 1. The highest BCUT2D eigenvalue weighted by Gasteiger charge is 2.21. The van der Waals surface area contributed by atoms with Gasteiger partial charge in [-0.3, -0.25) is 14.4 Å². The van der Waals surface area contributed by atoms with E-state index in [4.69, 9.17) is 4.74 Å². The summed E-state index contributed by atoms with van der Waals surface area (Å²) in [5, 5.41) is 2.54. The molecule has 34 heavy (non-hydrogen) atoms. The summed E-state index contributed by atoms with van der Waals surface area (Å²) in [5.74, 6) is -2.70. The second kappa shape index (κ2) is 11.0. The first kappa shape index (κ1) is 24.3. The van der Waals surface area contributed by atoms with E-state index in [1.807, 2.05) is 6.92 Å². The lowest BCUT2D eigenvalue weighted by molar-refractivity contribution is -0.136. The smallest absolute Gasteiger partial charge is 0.339 e. The van der Waals surface area contributed by atoms with Gasteiger partial charge in [0.05, 0.1) is 12.1 Å². The van der Waals surface area contributed by atoms with Crippen LogP contribution >= 0.6 is 0 Å². The zero-order valence-electron chi connectivity index (χ0n) is 18.7. The van der Waals surface area contributed by atoms with Crippen molar-refractivity contribution in [1.82, 2.24) is 4.90 Å². The average Bonchev–Trinajstić information content (AvgIpc) is 2.83. The van der Waals surface area contributed by atoms with Crippen LogP contribution in [0.25, 0.3) is 0 Å². The number of carbonyl (C=O) groups excluding carboxylic acids is 4. The number of ether oxygens (including phenoxy) is 1. The van der Waals surface area contributed by atoms with Crippen LogP contribution in [0.2, 0.25) is 0 Å². The molecule has 0 radical (unpaired) electrons. The number of aryl methyl sites for hydroxylation is 1. The van der Waals surface area contributed by atoms with Crippen molar-refractivity contribution in [3.8, 4) is 0 Å². The minimum absolute atomic E-state index is 0.0394. The number of carbonyl (C=O) groups is 4. The van der Waals surface area contributed by atoms with Gasteiger partial charge in [0.15, 0.2) is 12.4 Å². The van der Waals surface area contributed by atoms with Gasteiger partial charge in [-0.25, -0.2) is 9.18 Å². The molecule has 0 saturated heterocycles. The van der Waals surface area contributed by atoms with Gasteiger partial charge < -0.3 is 15.0 Å². The Morgan fingerprint density at radius 1 is 0.882 bits per heavy atom. The number of likely N-dealkylation sites (N-methyl/N-ethyl adjacent to an activating group) is 1. The molecule has 0 fully saturated rings. The molecular weight excluding hydrogens is 439 g/mol. The van der Waals surface area contributed by atoms with Gasteiger partial charge in [-0.05, 0) is 37.3 Å². The van der Waals surface area contributed by atoms with Gasteiger partial charge in [0.25, 0.3) is 5.91 Å². The molecule has 0 atom stereocenters. The van der Waals surface area contributed by atoms with Crippen LogP contribution in [0.1, 0.15) is 31.8 Å². The lowest BCUT2D eigenvalue weighted by Crippen LogP contribution is -2.37. The SMILES string of the molecule is Cc1ccc(C(=O)c2ccccc2C(=O)OCC(=O)N(C)CC(=O)Nc2ccc(F)cc2)cc1. The first-order chi connectivity index (χ1) is 16.2. The zero-order valence-corrected chi connectivity index (χ0v) is 18.7. The molecule has 8 heteroatoms. The average molecular weight is 462 g/mol. The Bertz CT molecular complexity index is 1210. The van der Waals surface area contributed by atoms with Crippen LogP contribution in [-0.4, -0.2) is 48.7 Å². The van der Waals surface area contributed by atoms with Gasteiger partial charge in [-0.2, -0.15) is 0 Å². The van der Waals surface area contributed by atoms with Gasteiger partial charge in [0, 0.05) is 23.9 Å². The van der Waals surface area contributed by atoms with E-state index in [2.05, 4.69) is 5.32 Å². The van der Waals surface area contributed by atoms with Gasteiger partial charge >= 0.3 is 5.97 Å². The molecule has 3 aromatic carbocycles. The number of halogens is 1. The number of benzene rings is 3. The van der Waals surface area contributed by atoms with E-state index in [1.54, 1.807) is 36.4 Å². The van der Waals surface area contributed by atoms with Crippen LogP contribution in [0, 0.1) is 12.7 Å². The Labute approximate surface area is 196 Å². The highest BCUT2D eigenvalue weighted by Crippen LogP contribution is 2.16. The molecule has 0 aliphatic carbocycles. The lowest BCUT2D eigenvalue weighted by atomic mass is 9.98. The van der Waals surface area contributed by atoms with Gasteiger partial charge in [-0.1, -0.05) is 48.0 Å². The Morgan fingerprint density at radius 3 is 2.15 bits per heavy atom. The zero-order chi connectivity index (χ0) is 24.7. The largest absolute Gasteiger partial charge is 0.452 e. The summed E-state index contributed by atoms with van der Waals surface area (Å²) in [5.41, 5.74) is 2.01. The molecule has 7 nitrogen and oxygen atoms in total. The second-order valence-electron chi connectivity index (χ2n) is 7.62. The number of esters is 1. The van der Waals surface area contributed by atoms with Crippen LogP contribution in [0.3, 0.4) is 0 Å². The van der Waals surface area contributed by atoms with Crippen molar-refractivity contribution >= 4 is 29.3 Å². The van der Waals surface area contributed by atoms with Crippen LogP contribution in [0.5, 0.6) is 0 Å². The van der Waals surface area contributed by atoms with Crippen molar-refractivity contribution in [1.29, 1.82) is 0 Å². The van der Waals surface area contributed by atoms with Crippen molar-refractivity contribution in [3.05, 3.63) is 101 Å². The highest BCUT2D eigenvalue weighted by molar-refractivity contribution is 6.14. The maximum absolute atomic E-state index is 13.0. The third-order valence-corrected chi connectivity index (χ3v) is 4.97. The summed E-state index contributed by atoms with van der Waals surface area (Å²) >= 11 is 0. The van der Waals surface area contributed by atoms with Crippen LogP contribution < -0.4 is 5.32 Å². The normalized spacial score (nSPS) is 10.3. The number of rotatable bonds is 8. The summed E-state index contributed by atoms with van der Waals surface area (Å²) in [6, 6.07) is 18.3. The molecule has 0 saturated carbocycles. The molecule has 0 aliphatic heterocycles. The van der Waals surface area contributed by atoms with Crippen LogP contribution in [0.15, 0.2) is 72.8 Å². The third-order valence-electron chi connectivity index (χ3n) is 4.97. The van der Waals surface area contributed by atoms with E-state index >= 15 is 0 Å². The van der Waals surface area contributed by atoms with Crippen molar-refractivity contribution in [2.24, 2.45) is 0 Å². The van der Waals surface area contributed by atoms with E-state index in [0.29, 0.717) is 11.3 Å². The van der Waals surface area contributed by atoms with Gasteiger partial charge in [0.2, 0.25) is 5.91 Å². The topological polar surface area (TPSA) is 92.8 Å². The fourth-order valence-electron chi connectivity index (χ4n) is 3.07.